The molecule has 2 aliphatic rings. The quantitative estimate of drug-likeness (QED) is 0.311. The molecule has 0 amide bonds. The molecule has 7 heteroatoms. The van der Waals surface area contributed by atoms with E-state index in [2.05, 4.69) is 6.92 Å². The van der Waals surface area contributed by atoms with E-state index in [-0.39, 0.29) is 11.8 Å². The standard InChI is InChI=1S/C30H36F6O/c1-2-20-3-5-21(6-4-20)7-8-22-9-11-23(12-10-22)24-13-16-26(17-14-24)37-30(35,36)25-15-18-27(28(31)19-25)29(32,33)34/h13-23H,2-12H2,1H3. The molecule has 0 unspecified atom stereocenters. The summed E-state index contributed by atoms with van der Waals surface area (Å²) in [5, 5.41) is 0. The highest BCUT2D eigenvalue weighted by atomic mass is 19.4. The Hall–Kier alpha value is -2.18. The molecule has 0 spiro atoms. The topological polar surface area (TPSA) is 9.23 Å². The summed E-state index contributed by atoms with van der Waals surface area (Å²) in [6.07, 6.45) is 5.10. The number of hydrogen-bond acceptors (Lipinski definition) is 1. The molecule has 0 N–H and O–H groups in total. The van der Waals surface area contributed by atoms with Gasteiger partial charge in [0, 0.05) is 0 Å². The summed E-state index contributed by atoms with van der Waals surface area (Å²) < 4.78 is 85.7. The van der Waals surface area contributed by atoms with Crippen molar-refractivity contribution < 1.29 is 31.1 Å². The first-order chi connectivity index (χ1) is 17.5. The third kappa shape index (κ3) is 7.23. The van der Waals surface area contributed by atoms with Crippen molar-refractivity contribution in [1.29, 1.82) is 0 Å². The Morgan fingerprint density at radius 3 is 1.78 bits per heavy atom. The first-order valence-electron chi connectivity index (χ1n) is 13.6. The van der Waals surface area contributed by atoms with Crippen LogP contribution in [0.15, 0.2) is 42.5 Å². The minimum absolute atomic E-state index is 0.125. The molecular formula is C30H36F6O. The van der Waals surface area contributed by atoms with Crippen LogP contribution in [0.3, 0.4) is 0 Å². The van der Waals surface area contributed by atoms with E-state index >= 15 is 0 Å². The first-order valence-corrected chi connectivity index (χ1v) is 13.6. The van der Waals surface area contributed by atoms with Crippen molar-refractivity contribution in [3.63, 3.8) is 0 Å². The number of alkyl halides is 5. The molecule has 2 aromatic carbocycles. The molecule has 0 atom stereocenters. The third-order valence-corrected chi connectivity index (χ3v) is 8.58. The maximum absolute atomic E-state index is 14.5. The van der Waals surface area contributed by atoms with Gasteiger partial charge >= 0.3 is 12.3 Å². The normalized spacial score (nSPS) is 25.2. The molecule has 2 aromatic rings. The molecule has 0 heterocycles. The highest BCUT2D eigenvalue weighted by Crippen LogP contribution is 2.41. The van der Waals surface area contributed by atoms with E-state index in [1.54, 1.807) is 12.1 Å². The lowest BCUT2D eigenvalue weighted by Gasteiger charge is -2.32. The molecule has 1 nitrogen and oxygen atoms in total. The Kier molecular flexibility index (Phi) is 8.80. The van der Waals surface area contributed by atoms with Crippen molar-refractivity contribution in [3.05, 3.63) is 65.0 Å². The molecule has 204 valence electrons. The molecule has 0 radical (unpaired) electrons. The Morgan fingerprint density at radius 1 is 0.730 bits per heavy atom. The maximum Gasteiger partial charge on any atom is 0.426 e. The lowest BCUT2D eigenvalue weighted by Crippen LogP contribution is -2.23. The Morgan fingerprint density at radius 2 is 1.27 bits per heavy atom. The zero-order valence-electron chi connectivity index (χ0n) is 21.3. The van der Waals surface area contributed by atoms with E-state index in [1.165, 1.54) is 69.9 Å². The number of hydrogen-bond donors (Lipinski definition) is 0. The van der Waals surface area contributed by atoms with Crippen LogP contribution in [-0.2, 0) is 12.3 Å². The van der Waals surface area contributed by atoms with E-state index in [9.17, 15) is 26.3 Å². The lowest BCUT2D eigenvalue weighted by atomic mass is 9.74. The number of benzene rings is 2. The monoisotopic (exact) mass is 526 g/mol. The fourth-order valence-corrected chi connectivity index (χ4v) is 6.13. The molecule has 4 rings (SSSR count). The van der Waals surface area contributed by atoms with Gasteiger partial charge < -0.3 is 4.74 Å². The van der Waals surface area contributed by atoms with Crippen molar-refractivity contribution in [1.82, 2.24) is 0 Å². The Bertz CT molecular complexity index is 1000. The summed E-state index contributed by atoms with van der Waals surface area (Å²) in [6.45, 7) is 2.30. The van der Waals surface area contributed by atoms with Gasteiger partial charge in [0.1, 0.15) is 11.6 Å². The minimum Gasteiger partial charge on any atom is -0.429 e. The van der Waals surface area contributed by atoms with Gasteiger partial charge in [-0.1, -0.05) is 64.0 Å². The predicted octanol–water partition coefficient (Wildman–Crippen LogP) is 10.2. The fraction of sp³-hybridized carbons (Fsp3) is 0.600. The van der Waals surface area contributed by atoms with Crippen LogP contribution < -0.4 is 4.74 Å². The molecule has 2 saturated carbocycles. The van der Waals surface area contributed by atoms with Crippen LogP contribution >= 0.6 is 0 Å². The zero-order valence-corrected chi connectivity index (χ0v) is 21.3. The minimum atomic E-state index is -4.96. The summed E-state index contributed by atoms with van der Waals surface area (Å²) in [5.41, 5.74) is -1.49. The van der Waals surface area contributed by atoms with Gasteiger partial charge in [0.25, 0.3) is 0 Å². The molecule has 0 aliphatic heterocycles. The SMILES string of the molecule is CCC1CCC(CCC2CCC(c3ccc(OC(F)(F)c4ccc(C(F)(F)F)c(F)c4)cc3)CC2)CC1. The number of halogens is 6. The van der Waals surface area contributed by atoms with Gasteiger partial charge in [-0.2, -0.15) is 22.0 Å². The highest BCUT2D eigenvalue weighted by Gasteiger charge is 2.39. The van der Waals surface area contributed by atoms with Crippen LogP contribution in [0.2, 0.25) is 0 Å². The summed E-state index contributed by atoms with van der Waals surface area (Å²) in [7, 11) is 0. The van der Waals surface area contributed by atoms with Crippen molar-refractivity contribution in [2.45, 2.75) is 95.8 Å². The number of ether oxygens (including phenoxy) is 1. The van der Waals surface area contributed by atoms with E-state index in [4.69, 9.17) is 4.74 Å². The third-order valence-electron chi connectivity index (χ3n) is 8.58. The van der Waals surface area contributed by atoms with Crippen LogP contribution in [0.25, 0.3) is 0 Å². The molecule has 0 saturated heterocycles. The van der Waals surface area contributed by atoms with E-state index < -0.39 is 29.2 Å². The van der Waals surface area contributed by atoms with Crippen LogP contribution in [0.1, 0.15) is 100 Å². The fourth-order valence-electron chi connectivity index (χ4n) is 6.13. The van der Waals surface area contributed by atoms with Gasteiger partial charge in [-0.05, 0) is 85.3 Å². The van der Waals surface area contributed by atoms with Gasteiger partial charge in [0.15, 0.2) is 0 Å². The van der Waals surface area contributed by atoms with Gasteiger partial charge in [0.2, 0.25) is 0 Å². The van der Waals surface area contributed by atoms with Crippen LogP contribution in [-0.4, -0.2) is 0 Å². The second-order valence-electron chi connectivity index (χ2n) is 11.0. The molecular weight excluding hydrogens is 490 g/mol. The van der Waals surface area contributed by atoms with Crippen molar-refractivity contribution in [2.75, 3.05) is 0 Å². The van der Waals surface area contributed by atoms with E-state index in [1.807, 2.05) is 0 Å². The average molecular weight is 527 g/mol. The molecule has 2 fully saturated rings. The Balaban J connectivity index is 1.26. The molecule has 37 heavy (non-hydrogen) atoms. The summed E-state index contributed by atoms with van der Waals surface area (Å²) in [4.78, 5) is 0. The summed E-state index contributed by atoms with van der Waals surface area (Å²) >= 11 is 0. The second-order valence-corrected chi connectivity index (χ2v) is 11.0. The maximum atomic E-state index is 14.5. The van der Waals surface area contributed by atoms with Crippen LogP contribution in [0.4, 0.5) is 26.3 Å². The van der Waals surface area contributed by atoms with Crippen LogP contribution in [0, 0.1) is 23.6 Å². The van der Waals surface area contributed by atoms with Gasteiger partial charge in [0.05, 0.1) is 11.1 Å². The molecule has 0 bridgehead atoms. The van der Waals surface area contributed by atoms with Crippen LogP contribution in [0.5, 0.6) is 5.75 Å². The average Bonchev–Trinajstić information content (AvgIpc) is 2.87. The van der Waals surface area contributed by atoms with Crippen molar-refractivity contribution >= 4 is 0 Å². The highest BCUT2D eigenvalue weighted by molar-refractivity contribution is 5.32. The largest absolute Gasteiger partial charge is 0.429 e. The van der Waals surface area contributed by atoms with E-state index in [0.29, 0.717) is 18.1 Å². The summed E-state index contributed by atoms with van der Waals surface area (Å²) in [6, 6.07) is 7.45. The van der Waals surface area contributed by atoms with Crippen molar-refractivity contribution in [3.8, 4) is 5.75 Å². The Labute approximate surface area is 215 Å². The smallest absolute Gasteiger partial charge is 0.426 e. The number of rotatable bonds is 8. The molecule has 2 aliphatic carbocycles. The first kappa shape index (κ1) is 27.8. The molecule has 0 aromatic heterocycles. The second kappa shape index (κ2) is 11.7. The summed E-state index contributed by atoms with van der Waals surface area (Å²) in [5.74, 6) is 1.09. The zero-order chi connectivity index (χ0) is 26.6. The van der Waals surface area contributed by atoms with Gasteiger partial charge in [-0.25, -0.2) is 4.39 Å². The van der Waals surface area contributed by atoms with E-state index in [0.717, 1.165) is 36.2 Å². The predicted molar refractivity (Wildman–Crippen MR) is 132 cm³/mol. The van der Waals surface area contributed by atoms with Crippen molar-refractivity contribution in [2.24, 2.45) is 17.8 Å². The lowest BCUT2D eigenvalue weighted by molar-refractivity contribution is -0.186. The van der Waals surface area contributed by atoms with Gasteiger partial charge in [-0.3, -0.25) is 0 Å². The van der Waals surface area contributed by atoms with Gasteiger partial charge in [-0.15, -0.1) is 0 Å².